The molecule has 0 saturated carbocycles. The van der Waals surface area contributed by atoms with Gasteiger partial charge < -0.3 is 24.8 Å². The molecule has 3 rings (SSSR count). The lowest BCUT2D eigenvalue weighted by Crippen LogP contribution is -2.38. The van der Waals surface area contributed by atoms with Gasteiger partial charge in [0, 0.05) is 0 Å². The van der Waals surface area contributed by atoms with Crippen LogP contribution in [0.3, 0.4) is 0 Å². The summed E-state index contributed by atoms with van der Waals surface area (Å²) >= 11 is 6.18. The average Bonchev–Trinajstić information content (AvgIpc) is 3.00. The van der Waals surface area contributed by atoms with Crippen LogP contribution in [0.1, 0.15) is 5.56 Å². The van der Waals surface area contributed by atoms with E-state index in [0.29, 0.717) is 28.5 Å². The summed E-state index contributed by atoms with van der Waals surface area (Å²) in [5, 5.41) is 5.36. The quantitative estimate of drug-likeness (QED) is 0.501. The molecule has 1 saturated heterocycles. The molecule has 2 N–H and O–H groups in total. The fourth-order valence-electron chi connectivity index (χ4n) is 2.98. The Morgan fingerprint density at radius 1 is 1.10 bits per heavy atom. The third-order valence-electron chi connectivity index (χ3n) is 4.41. The Labute approximate surface area is 183 Å². The van der Waals surface area contributed by atoms with Crippen molar-refractivity contribution in [3.63, 3.8) is 0 Å². The monoisotopic (exact) mass is 445 g/mol. The number of halogens is 1. The summed E-state index contributed by atoms with van der Waals surface area (Å²) in [7, 11) is 4.38. The number of rotatable bonds is 7. The molecule has 162 valence electrons. The molecule has 1 fully saturated rings. The van der Waals surface area contributed by atoms with Gasteiger partial charge >= 0.3 is 6.03 Å². The molecule has 1 aliphatic rings. The van der Waals surface area contributed by atoms with Crippen LogP contribution in [0.15, 0.2) is 42.1 Å². The van der Waals surface area contributed by atoms with E-state index in [1.54, 1.807) is 36.4 Å². The second-order valence-electron chi connectivity index (χ2n) is 6.37. The summed E-state index contributed by atoms with van der Waals surface area (Å²) in [5.74, 6) is -0.0251. The number of nitrogens with one attached hydrogen (secondary N) is 2. The van der Waals surface area contributed by atoms with Gasteiger partial charge in [-0.25, -0.2) is 9.69 Å². The van der Waals surface area contributed by atoms with Gasteiger partial charge in [0.1, 0.15) is 18.0 Å². The number of carbonyl (C=O) groups is 3. The normalized spacial score (nSPS) is 14.5. The number of benzene rings is 2. The molecule has 31 heavy (non-hydrogen) atoms. The number of anilines is 1. The zero-order valence-corrected chi connectivity index (χ0v) is 17.8. The minimum Gasteiger partial charge on any atom is -0.495 e. The highest BCUT2D eigenvalue weighted by Gasteiger charge is 2.35. The van der Waals surface area contributed by atoms with Crippen LogP contribution in [0.4, 0.5) is 10.5 Å². The highest BCUT2D eigenvalue weighted by atomic mass is 35.5. The average molecular weight is 446 g/mol. The summed E-state index contributed by atoms with van der Waals surface area (Å²) in [6.45, 7) is -0.466. The van der Waals surface area contributed by atoms with Crippen molar-refractivity contribution < 1.29 is 28.6 Å². The SMILES string of the molecule is COc1ccccc1NC(=O)CN1C(=O)N/C(=C/c2cc(Cl)c(OC)c(OC)c2)C1=O. The number of amides is 4. The van der Waals surface area contributed by atoms with Crippen LogP contribution in [-0.4, -0.2) is 50.6 Å². The van der Waals surface area contributed by atoms with E-state index in [9.17, 15) is 14.4 Å². The number of urea groups is 1. The number of ether oxygens (including phenoxy) is 3. The maximum absolute atomic E-state index is 12.7. The lowest BCUT2D eigenvalue weighted by molar-refractivity contribution is -0.127. The Balaban J connectivity index is 1.76. The van der Waals surface area contributed by atoms with E-state index in [-0.39, 0.29) is 10.7 Å². The predicted molar refractivity (Wildman–Crippen MR) is 114 cm³/mol. The number of hydrogen-bond donors (Lipinski definition) is 2. The highest BCUT2D eigenvalue weighted by molar-refractivity contribution is 6.32. The summed E-state index contributed by atoms with van der Waals surface area (Å²) in [6, 6.07) is 9.26. The molecule has 0 spiro atoms. The van der Waals surface area contributed by atoms with E-state index in [1.807, 2.05) is 0 Å². The van der Waals surface area contributed by atoms with E-state index in [4.69, 9.17) is 25.8 Å². The molecule has 0 unspecified atom stereocenters. The maximum Gasteiger partial charge on any atom is 0.329 e. The maximum atomic E-state index is 12.7. The first kappa shape index (κ1) is 22.0. The standard InChI is InChI=1S/C21H20ClN3O6/c1-29-16-7-5-4-6-14(16)23-18(26)11-25-20(27)15(24-21(25)28)9-12-8-13(22)19(31-3)17(10-12)30-2/h4-10H,11H2,1-3H3,(H,23,26)(H,24,28)/b15-9+. The number of imide groups is 1. The molecular formula is C21H20ClN3O6. The molecule has 1 aliphatic heterocycles. The van der Waals surface area contributed by atoms with Crippen molar-refractivity contribution in [3.05, 3.63) is 52.7 Å². The summed E-state index contributed by atoms with van der Waals surface area (Å²) in [4.78, 5) is 38.1. The lowest BCUT2D eigenvalue weighted by Gasteiger charge is -2.13. The number of carbonyl (C=O) groups excluding carboxylic acids is 3. The van der Waals surface area contributed by atoms with Crippen molar-refractivity contribution in [2.24, 2.45) is 0 Å². The highest BCUT2D eigenvalue weighted by Crippen LogP contribution is 2.36. The van der Waals surface area contributed by atoms with Crippen LogP contribution in [0.25, 0.3) is 6.08 Å². The first-order valence-corrected chi connectivity index (χ1v) is 9.44. The molecule has 0 aliphatic carbocycles. The van der Waals surface area contributed by atoms with E-state index in [1.165, 1.54) is 27.4 Å². The molecular weight excluding hydrogens is 426 g/mol. The first-order valence-electron chi connectivity index (χ1n) is 9.06. The summed E-state index contributed by atoms with van der Waals surface area (Å²) in [5.41, 5.74) is 0.933. The molecule has 0 aromatic heterocycles. The lowest BCUT2D eigenvalue weighted by atomic mass is 10.1. The number of methoxy groups -OCH3 is 3. The minimum absolute atomic E-state index is 0.00150. The number of hydrogen-bond acceptors (Lipinski definition) is 6. The molecule has 10 heteroatoms. The molecule has 0 atom stereocenters. The van der Waals surface area contributed by atoms with Crippen LogP contribution >= 0.6 is 11.6 Å². The zero-order valence-electron chi connectivity index (χ0n) is 17.0. The second kappa shape index (κ2) is 9.40. The van der Waals surface area contributed by atoms with Gasteiger partial charge in [-0.05, 0) is 35.9 Å². The first-order chi connectivity index (χ1) is 14.9. The van der Waals surface area contributed by atoms with Crippen LogP contribution in [0.2, 0.25) is 5.02 Å². The Kier molecular flexibility index (Phi) is 6.66. The van der Waals surface area contributed by atoms with Crippen molar-refractivity contribution in [2.45, 2.75) is 0 Å². The van der Waals surface area contributed by atoms with Crippen LogP contribution < -0.4 is 24.8 Å². The van der Waals surface area contributed by atoms with E-state index < -0.39 is 24.4 Å². The summed E-state index contributed by atoms with van der Waals surface area (Å²) < 4.78 is 15.6. The molecule has 1 heterocycles. The van der Waals surface area contributed by atoms with Gasteiger partial charge in [-0.1, -0.05) is 23.7 Å². The molecule has 2 aromatic carbocycles. The smallest absolute Gasteiger partial charge is 0.329 e. The number of nitrogens with zero attached hydrogens (tertiary/aromatic N) is 1. The fraction of sp³-hybridized carbons (Fsp3) is 0.190. The van der Waals surface area contributed by atoms with Crippen molar-refractivity contribution in [2.75, 3.05) is 33.2 Å². The van der Waals surface area contributed by atoms with Crippen molar-refractivity contribution in [3.8, 4) is 17.2 Å². The van der Waals surface area contributed by atoms with Gasteiger partial charge in [-0.3, -0.25) is 9.59 Å². The molecule has 0 radical (unpaired) electrons. The van der Waals surface area contributed by atoms with Gasteiger partial charge in [-0.2, -0.15) is 0 Å². The van der Waals surface area contributed by atoms with E-state index in [0.717, 1.165) is 4.90 Å². The molecule has 4 amide bonds. The largest absolute Gasteiger partial charge is 0.495 e. The zero-order chi connectivity index (χ0) is 22.5. The van der Waals surface area contributed by atoms with Gasteiger partial charge in [0.15, 0.2) is 11.5 Å². The third-order valence-corrected chi connectivity index (χ3v) is 4.69. The van der Waals surface area contributed by atoms with Gasteiger partial charge in [0.05, 0.1) is 32.0 Å². The van der Waals surface area contributed by atoms with Crippen LogP contribution in [0.5, 0.6) is 17.2 Å². The second-order valence-corrected chi connectivity index (χ2v) is 6.77. The topological polar surface area (TPSA) is 106 Å². The van der Waals surface area contributed by atoms with Crippen molar-refractivity contribution >= 4 is 41.2 Å². The Bertz CT molecular complexity index is 1070. The van der Waals surface area contributed by atoms with Crippen LogP contribution in [-0.2, 0) is 9.59 Å². The van der Waals surface area contributed by atoms with E-state index >= 15 is 0 Å². The van der Waals surface area contributed by atoms with Gasteiger partial charge in [0.2, 0.25) is 5.91 Å². The molecule has 2 aromatic rings. The van der Waals surface area contributed by atoms with E-state index in [2.05, 4.69) is 10.6 Å². The van der Waals surface area contributed by atoms with Gasteiger partial charge in [-0.15, -0.1) is 0 Å². The Morgan fingerprint density at radius 3 is 2.48 bits per heavy atom. The minimum atomic E-state index is -0.710. The molecule has 9 nitrogen and oxygen atoms in total. The molecule has 0 bridgehead atoms. The van der Waals surface area contributed by atoms with Crippen LogP contribution in [0, 0.1) is 0 Å². The summed E-state index contributed by atoms with van der Waals surface area (Å²) in [6.07, 6.45) is 1.44. The number of para-hydroxylation sites is 2. The van der Waals surface area contributed by atoms with Gasteiger partial charge in [0.25, 0.3) is 5.91 Å². The Morgan fingerprint density at radius 2 is 1.81 bits per heavy atom. The predicted octanol–water partition coefficient (Wildman–Crippen LogP) is 2.90. The van der Waals surface area contributed by atoms with Crippen molar-refractivity contribution in [1.29, 1.82) is 0 Å². The Hall–Kier alpha value is -3.72. The fourth-order valence-corrected chi connectivity index (χ4v) is 3.28. The van der Waals surface area contributed by atoms with Crippen molar-refractivity contribution in [1.82, 2.24) is 10.2 Å². The third kappa shape index (κ3) is 4.72.